The summed E-state index contributed by atoms with van der Waals surface area (Å²) in [5.41, 5.74) is 0.271. The molecule has 0 aliphatic carbocycles. The van der Waals surface area contributed by atoms with Gasteiger partial charge >= 0.3 is 0 Å². The highest BCUT2D eigenvalue weighted by atomic mass is 19.1. The molecule has 1 atom stereocenters. The van der Waals surface area contributed by atoms with Gasteiger partial charge in [0.25, 0.3) is 0 Å². The number of hydrogen-bond acceptors (Lipinski definition) is 1. The van der Waals surface area contributed by atoms with Crippen LogP contribution in [-0.2, 0) is 6.42 Å². The molecule has 100 valence electrons. The molecule has 3 heteroatoms. The molecule has 1 unspecified atom stereocenters. The summed E-state index contributed by atoms with van der Waals surface area (Å²) in [5.74, 6) is -1.04. The molecule has 1 rings (SSSR count). The van der Waals surface area contributed by atoms with Gasteiger partial charge in [0.2, 0.25) is 0 Å². The highest BCUT2D eigenvalue weighted by molar-refractivity contribution is 5.21. The van der Waals surface area contributed by atoms with E-state index in [1.54, 1.807) is 0 Å². The van der Waals surface area contributed by atoms with Crippen LogP contribution in [0.4, 0.5) is 8.78 Å². The first-order chi connectivity index (χ1) is 8.36. The molecular formula is C15H21F2N. The Morgan fingerprint density at radius 1 is 1.39 bits per heavy atom. The molecule has 0 saturated carbocycles. The molecule has 0 heterocycles. The molecule has 0 radical (unpaired) electrons. The molecule has 18 heavy (non-hydrogen) atoms. The Morgan fingerprint density at radius 2 is 2.06 bits per heavy atom. The van der Waals surface area contributed by atoms with Crippen LogP contribution in [0.15, 0.2) is 30.9 Å². The molecular weight excluding hydrogens is 232 g/mol. The number of nitrogens with one attached hydrogen (secondary N) is 1. The second kappa shape index (κ2) is 6.10. The molecule has 0 saturated heterocycles. The number of hydrogen-bond donors (Lipinski definition) is 1. The fourth-order valence-corrected chi connectivity index (χ4v) is 1.74. The summed E-state index contributed by atoms with van der Waals surface area (Å²) >= 11 is 0. The van der Waals surface area contributed by atoms with E-state index in [-0.39, 0.29) is 5.41 Å². The second-order valence-corrected chi connectivity index (χ2v) is 5.31. The number of halogens is 2. The number of rotatable bonds is 6. The quantitative estimate of drug-likeness (QED) is 0.762. The minimum absolute atomic E-state index is 0.247. The van der Waals surface area contributed by atoms with Crippen LogP contribution in [0.5, 0.6) is 0 Å². The second-order valence-electron chi connectivity index (χ2n) is 5.31. The third-order valence-electron chi connectivity index (χ3n) is 3.02. The minimum Gasteiger partial charge on any atom is -0.314 e. The standard InChI is InChI=1S/C15H21F2N/c1-5-15(4,10-18-11(2)3)9-12-6-7-13(16)8-14(12)17/h5-8,11,18H,1,9-10H2,2-4H3. The predicted molar refractivity (Wildman–Crippen MR) is 71.5 cm³/mol. The lowest BCUT2D eigenvalue weighted by molar-refractivity contribution is 0.368. The third kappa shape index (κ3) is 4.22. The van der Waals surface area contributed by atoms with Crippen molar-refractivity contribution in [3.05, 3.63) is 48.1 Å². The van der Waals surface area contributed by atoms with Crippen molar-refractivity contribution < 1.29 is 8.78 Å². The van der Waals surface area contributed by atoms with Crippen LogP contribution in [0, 0.1) is 17.0 Å². The van der Waals surface area contributed by atoms with Gasteiger partial charge in [-0.25, -0.2) is 8.78 Å². The Bertz CT molecular complexity index is 415. The molecule has 0 spiro atoms. The van der Waals surface area contributed by atoms with Gasteiger partial charge in [-0.15, -0.1) is 6.58 Å². The van der Waals surface area contributed by atoms with Crippen LogP contribution in [0.3, 0.4) is 0 Å². The fraction of sp³-hybridized carbons (Fsp3) is 0.467. The van der Waals surface area contributed by atoms with E-state index < -0.39 is 11.6 Å². The van der Waals surface area contributed by atoms with Gasteiger partial charge in [-0.1, -0.05) is 32.9 Å². The molecule has 0 fully saturated rings. The predicted octanol–water partition coefficient (Wildman–Crippen LogP) is 3.70. The average molecular weight is 253 g/mol. The van der Waals surface area contributed by atoms with Gasteiger partial charge < -0.3 is 5.32 Å². The van der Waals surface area contributed by atoms with Gasteiger partial charge in [0, 0.05) is 24.1 Å². The van der Waals surface area contributed by atoms with Crippen LogP contribution in [0.1, 0.15) is 26.3 Å². The smallest absolute Gasteiger partial charge is 0.129 e. The summed E-state index contributed by atoms with van der Waals surface area (Å²) in [7, 11) is 0. The Hall–Kier alpha value is -1.22. The zero-order valence-corrected chi connectivity index (χ0v) is 11.3. The van der Waals surface area contributed by atoms with Crippen LogP contribution in [-0.4, -0.2) is 12.6 Å². The maximum atomic E-state index is 13.6. The van der Waals surface area contributed by atoms with Crippen molar-refractivity contribution in [1.82, 2.24) is 5.32 Å². The molecule has 0 bridgehead atoms. The van der Waals surface area contributed by atoms with Crippen molar-refractivity contribution in [2.45, 2.75) is 33.2 Å². The van der Waals surface area contributed by atoms with Gasteiger partial charge in [-0.2, -0.15) is 0 Å². The van der Waals surface area contributed by atoms with Gasteiger partial charge in [-0.3, -0.25) is 0 Å². The molecule has 1 N–H and O–H groups in total. The van der Waals surface area contributed by atoms with Gasteiger partial charge in [0.05, 0.1) is 0 Å². The molecule has 0 aliphatic heterocycles. The lowest BCUT2D eigenvalue weighted by Gasteiger charge is -2.27. The van der Waals surface area contributed by atoms with Gasteiger partial charge in [-0.05, 0) is 18.1 Å². The van der Waals surface area contributed by atoms with E-state index in [4.69, 9.17) is 0 Å². The average Bonchev–Trinajstić information content (AvgIpc) is 2.30. The van der Waals surface area contributed by atoms with E-state index in [0.717, 1.165) is 6.07 Å². The highest BCUT2D eigenvalue weighted by Gasteiger charge is 2.22. The zero-order chi connectivity index (χ0) is 13.8. The summed E-state index contributed by atoms with van der Waals surface area (Å²) in [4.78, 5) is 0. The Kier molecular flexibility index (Phi) is 5.03. The first-order valence-electron chi connectivity index (χ1n) is 6.17. The minimum atomic E-state index is -0.545. The summed E-state index contributed by atoms with van der Waals surface area (Å²) in [6.07, 6.45) is 2.33. The lowest BCUT2D eigenvalue weighted by atomic mass is 9.83. The van der Waals surface area contributed by atoms with E-state index in [0.29, 0.717) is 24.6 Å². The largest absolute Gasteiger partial charge is 0.314 e. The Labute approximate surface area is 108 Å². The van der Waals surface area contributed by atoms with Crippen LogP contribution >= 0.6 is 0 Å². The van der Waals surface area contributed by atoms with Crippen LogP contribution < -0.4 is 5.32 Å². The van der Waals surface area contributed by atoms with E-state index >= 15 is 0 Å². The molecule has 1 aromatic carbocycles. The summed E-state index contributed by atoms with van der Waals surface area (Å²) < 4.78 is 26.5. The Morgan fingerprint density at radius 3 is 2.56 bits per heavy atom. The molecule has 0 amide bonds. The highest BCUT2D eigenvalue weighted by Crippen LogP contribution is 2.25. The molecule has 1 nitrogen and oxygen atoms in total. The van der Waals surface area contributed by atoms with Crippen molar-refractivity contribution >= 4 is 0 Å². The van der Waals surface area contributed by atoms with Crippen molar-refractivity contribution in [3.8, 4) is 0 Å². The molecule has 1 aromatic rings. The summed E-state index contributed by atoms with van der Waals surface area (Å²) in [6, 6.07) is 4.08. The van der Waals surface area contributed by atoms with Gasteiger partial charge in [0.15, 0.2) is 0 Å². The van der Waals surface area contributed by atoms with E-state index in [2.05, 4.69) is 25.7 Å². The number of benzene rings is 1. The van der Waals surface area contributed by atoms with Crippen molar-refractivity contribution in [2.75, 3.05) is 6.54 Å². The first kappa shape index (κ1) is 14.8. The lowest BCUT2D eigenvalue weighted by Crippen LogP contribution is -2.36. The van der Waals surface area contributed by atoms with Crippen LogP contribution in [0.2, 0.25) is 0 Å². The first-order valence-corrected chi connectivity index (χ1v) is 6.17. The van der Waals surface area contributed by atoms with Crippen molar-refractivity contribution in [2.24, 2.45) is 5.41 Å². The maximum absolute atomic E-state index is 13.6. The molecule has 0 aliphatic rings. The zero-order valence-electron chi connectivity index (χ0n) is 11.3. The van der Waals surface area contributed by atoms with Crippen molar-refractivity contribution in [3.63, 3.8) is 0 Å². The van der Waals surface area contributed by atoms with E-state index in [1.807, 2.05) is 13.0 Å². The normalized spacial score (nSPS) is 14.6. The molecule has 0 aromatic heterocycles. The topological polar surface area (TPSA) is 12.0 Å². The van der Waals surface area contributed by atoms with E-state index in [9.17, 15) is 8.78 Å². The SMILES string of the molecule is C=CC(C)(CNC(C)C)Cc1ccc(F)cc1F. The van der Waals surface area contributed by atoms with Gasteiger partial charge in [0.1, 0.15) is 11.6 Å². The summed E-state index contributed by atoms with van der Waals surface area (Å²) in [5, 5.41) is 3.32. The van der Waals surface area contributed by atoms with E-state index in [1.165, 1.54) is 12.1 Å². The summed E-state index contributed by atoms with van der Waals surface area (Å²) in [6.45, 7) is 10.7. The monoisotopic (exact) mass is 253 g/mol. The fourth-order valence-electron chi connectivity index (χ4n) is 1.74. The van der Waals surface area contributed by atoms with Crippen LogP contribution in [0.25, 0.3) is 0 Å². The van der Waals surface area contributed by atoms with Crippen molar-refractivity contribution in [1.29, 1.82) is 0 Å². The Balaban J connectivity index is 2.81. The maximum Gasteiger partial charge on any atom is 0.129 e. The third-order valence-corrected chi connectivity index (χ3v) is 3.02.